The molecule has 1 fully saturated rings. The molecule has 10 heteroatoms. The van der Waals surface area contributed by atoms with E-state index in [0.29, 0.717) is 23.3 Å². The van der Waals surface area contributed by atoms with Crippen LogP contribution in [0.4, 0.5) is 19.0 Å². The molecule has 34 heavy (non-hydrogen) atoms. The van der Waals surface area contributed by atoms with Crippen molar-refractivity contribution in [3.05, 3.63) is 66.0 Å². The summed E-state index contributed by atoms with van der Waals surface area (Å²) in [5, 5.41) is 0.648. The van der Waals surface area contributed by atoms with Gasteiger partial charge in [-0.25, -0.2) is 9.97 Å². The lowest BCUT2D eigenvalue weighted by Gasteiger charge is -2.40. The maximum atomic E-state index is 13.6. The molecule has 2 aromatic carbocycles. The summed E-state index contributed by atoms with van der Waals surface area (Å²) in [7, 11) is 0. The molecule has 0 saturated carbocycles. The number of Topliss-reactive ketones (excluding diaryl/α,β-unsaturated/α-hetero) is 1. The van der Waals surface area contributed by atoms with Crippen LogP contribution in [0.5, 0.6) is 0 Å². The quantitative estimate of drug-likeness (QED) is 0.495. The Labute approximate surface area is 198 Å². The molecule has 3 aromatic rings. The standard InChI is InChI=1S/C24H20ClF3N4O2/c1-3-22(34)32-9-8-31(12-21(32)14(2)33)23-17-10-19(25)16(11-20(17)29-13-30-23)15-6-4-5-7-18(15)24(26,27)28/h3-7,10-11,13,21H,1,8-9,12H2,2H3. The minimum Gasteiger partial charge on any atom is -0.352 e. The monoisotopic (exact) mass is 488 g/mol. The van der Waals surface area contributed by atoms with Crippen molar-refractivity contribution in [3.63, 3.8) is 0 Å². The van der Waals surface area contributed by atoms with Crippen molar-refractivity contribution in [3.8, 4) is 11.1 Å². The molecule has 1 aromatic heterocycles. The molecule has 0 N–H and O–H groups in total. The molecule has 0 spiro atoms. The minimum atomic E-state index is -4.55. The molecule has 4 rings (SSSR count). The van der Waals surface area contributed by atoms with Crippen LogP contribution in [0.3, 0.4) is 0 Å². The van der Waals surface area contributed by atoms with Crippen molar-refractivity contribution in [2.75, 3.05) is 24.5 Å². The first-order valence-electron chi connectivity index (χ1n) is 10.4. The van der Waals surface area contributed by atoms with E-state index < -0.39 is 17.8 Å². The van der Waals surface area contributed by atoms with Crippen molar-refractivity contribution in [2.45, 2.75) is 19.1 Å². The molecule has 0 bridgehead atoms. The topological polar surface area (TPSA) is 66.4 Å². The van der Waals surface area contributed by atoms with Crippen molar-refractivity contribution in [2.24, 2.45) is 0 Å². The predicted octanol–water partition coefficient (Wildman–Crippen LogP) is 4.76. The normalized spacial score (nSPS) is 16.6. The SMILES string of the molecule is C=CC(=O)N1CCN(c2ncnc3cc(-c4ccccc4C(F)(F)F)c(Cl)cc23)CC1C(C)=O. The van der Waals surface area contributed by atoms with Gasteiger partial charge in [-0.05, 0) is 36.8 Å². The second-order valence-corrected chi connectivity index (χ2v) is 8.31. The highest BCUT2D eigenvalue weighted by molar-refractivity contribution is 6.34. The zero-order valence-electron chi connectivity index (χ0n) is 18.1. The lowest BCUT2D eigenvalue weighted by molar-refractivity contribution is -0.137. The number of hydrogen-bond acceptors (Lipinski definition) is 5. The van der Waals surface area contributed by atoms with E-state index in [1.54, 1.807) is 6.07 Å². The second-order valence-electron chi connectivity index (χ2n) is 7.90. The molecule has 0 aliphatic carbocycles. The summed E-state index contributed by atoms with van der Waals surface area (Å²) in [5.74, 6) is -0.0229. The van der Waals surface area contributed by atoms with Gasteiger partial charge in [-0.3, -0.25) is 9.59 Å². The van der Waals surface area contributed by atoms with E-state index in [0.717, 1.165) is 6.07 Å². The number of fused-ring (bicyclic) bond motifs is 1. The van der Waals surface area contributed by atoms with Crippen LogP contribution >= 0.6 is 11.6 Å². The van der Waals surface area contributed by atoms with E-state index in [4.69, 9.17) is 11.6 Å². The zero-order valence-corrected chi connectivity index (χ0v) is 18.9. The van der Waals surface area contributed by atoms with Crippen molar-refractivity contribution in [1.82, 2.24) is 14.9 Å². The van der Waals surface area contributed by atoms with Crippen molar-refractivity contribution >= 4 is 40.0 Å². The Bertz CT molecular complexity index is 1290. The van der Waals surface area contributed by atoms with E-state index in [1.807, 2.05) is 4.90 Å². The van der Waals surface area contributed by atoms with Crippen LogP contribution < -0.4 is 4.90 Å². The molecule has 1 unspecified atom stereocenters. The smallest absolute Gasteiger partial charge is 0.352 e. The number of carbonyl (C=O) groups excluding carboxylic acids is 2. The Kier molecular flexibility index (Phi) is 6.31. The maximum Gasteiger partial charge on any atom is 0.417 e. The van der Waals surface area contributed by atoms with Crippen LogP contribution in [-0.2, 0) is 15.8 Å². The van der Waals surface area contributed by atoms with Gasteiger partial charge in [-0.15, -0.1) is 0 Å². The third-order valence-electron chi connectivity index (χ3n) is 5.83. The number of benzene rings is 2. The highest BCUT2D eigenvalue weighted by Crippen LogP contribution is 2.41. The molecule has 1 amide bonds. The predicted molar refractivity (Wildman–Crippen MR) is 124 cm³/mol. The first-order chi connectivity index (χ1) is 16.1. The largest absolute Gasteiger partial charge is 0.417 e. The number of halogens is 4. The van der Waals surface area contributed by atoms with Crippen LogP contribution in [0.15, 0.2) is 55.4 Å². The number of anilines is 1. The van der Waals surface area contributed by atoms with Crippen molar-refractivity contribution < 1.29 is 22.8 Å². The summed E-state index contributed by atoms with van der Waals surface area (Å²) >= 11 is 6.47. The van der Waals surface area contributed by atoms with Crippen molar-refractivity contribution in [1.29, 1.82) is 0 Å². The molecule has 1 aliphatic rings. The fourth-order valence-electron chi connectivity index (χ4n) is 4.19. The van der Waals surface area contributed by atoms with E-state index in [-0.39, 0.29) is 40.9 Å². The molecule has 176 valence electrons. The van der Waals surface area contributed by atoms with E-state index in [1.165, 1.54) is 48.5 Å². The van der Waals surface area contributed by atoms with Crippen LogP contribution in [-0.4, -0.2) is 52.2 Å². The summed E-state index contributed by atoms with van der Waals surface area (Å²) in [6.07, 6.45) is -2.06. The van der Waals surface area contributed by atoms with Gasteiger partial charge in [-0.1, -0.05) is 36.4 Å². The number of piperazine rings is 1. The van der Waals surface area contributed by atoms with Gasteiger partial charge in [0.1, 0.15) is 18.2 Å². The van der Waals surface area contributed by atoms with E-state index >= 15 is 0 Å². The average Bonchev–Trinajstić information content (AvgIpc) is 2.82. The van der Waals surface area contributed by atoms with Gasteiger partial charge in [0.15, 0.2) is 5.78 Å². The van der Waals surface area contributed by atoms with E-state index in [9.17, 15) is 22.8 Å². The highest BCUT2D eigenvalue weighted by Gasteiger charge is 2.35. The molecule has 1 saturated heterocycles. The Morgan fingerprint density at radius 2 is 1.88 bits per heavy atom. The summed E-state index contributed by atoms with van der Waals surface area (Å²) in [6.45, 7) is 5.79. The van der Waals surface area contributed by atoms with Gasteiger partial charge >= 0.3 is 6.18 Å². The fourth-order valence-corrected chi connectivity index (χ4v) is 4.46. The Morgan fingerprint density at radius 1 is 1.15 bits per heavy atom. The molecule has 6 nitrogen and oxygen atoms in total. The first kappa shape index (κ1) is 23.7. The summed E-state index contributed by atoms with van der Waals surface area (Å²) < 4.78 is 40.7. The fraction of sp³-hybridized carbons (Fsp3) is 0.250. The number of nitrogens with zero attached hydrogens (tertiary/aromatic N) is 4. The molecule has 2 heterocycles. The number of amides is 1. The number of aromatic nitrogens is 2. The Morgan fingerprint density at radius 3 is 2.56 bits per heavy atom. The number of carbonyl (C=O) groups is 2. The minimum absolute atomic E-state index is 0.0461. The number of hydrogen-bond donors (Lipinski definition) is 0. The number of alkyl halides is 3. The molecular weight excluding hydrogens is 469 g/mol. The first-order valence-corrected chi connectivity index (χ1v) is 10.8. The third-order valence-corrected chi connectivity index (χ3v) is 6.15. The van der Waals surface area contributed by atoms with Gasteiger partial charge < -0.3 is 9.80 Å². The van der Waals surface area contributed by atoms with Gasteiger partial charge in [0.25, 0.3) is 0 Å². The highest BCUT2D eigenvalue weighted by atomic mass is 35.5. The maximum absolute atomic E-state index is 13.6. The zero-order chi connectivity index (χ0) is 24.6. The Balaban J connectivity index is 1.77. The Hall–Kier alpha value is -3.46. The van der Waals surface area contributed by atoms with Gasteiger partial charge in [0.05, 0.1) is 11.1 Å². The third kappa shape index (κ3) is 4.35. The molecular formula is C24H20ClF3N4O2. The second kappa shape index (κ2) is 9.06. The average molecular weight is 489 g/mol. The summed E-state index contributed by atoms with van der Waals surface area (Å²) in [4.78, 5) is 36.3. The van der Waals surface area contributed by atoms with E-state index in [2.05, 4.69) is 16.5 Å². The van der Waals surface area contributed by atoms with Crippen LogP contribution in [0.25, 0.3) is 22.0 Å². The summed E-state index contributed by atoms with van der Waals surface area (Å²) in [5.41, 5.74) is -0.229. The lowest BCUT2D eigenvalue weighted by atomic mass is 9.98. The number of ketones is 1. The van der Waals surface area contributed by atoms with Gasteiger partial charge in [-0.2, -0.15) is 13.2 Å². The van der Waals surface area contributed by atoms with Gasteiger partial charge in [0, 0.05) is 35.6 Å². The van der Waals surface area contributed by atoms with Crippen LogP contribution in [0, 0.1) is 0 Å². The van der Waals surface area contributed by atoms with Crippen LogP contribution in [0.2, 0.25) is 5.02 Å². The number of rotatable bonds is 4. The molecule has 1 aliphatic heterocycles. The van der Waals surface area contributed by atoms with Gasteiger partial charge in [0.2, 0.25) is 5.91 Å². The molecule has 0 radical (unpaired) electrons. The lowest BCUT2D eigenvalue weighted by Crippen LogP contribution is -2.57. The summed E-state index contributed by atoms with van der Waals surface area (Å²) in [6, 6.07) is 7.58. The van der Waals surface area contributed by atoms with Crippen LogP contribution in [0.1, 0.15) is 12.5 Å². The molecule has 1 atom stereocenters.